The summed E-state index contributed by atoms with van der Waals surface area (Å²) in [5.41, 5.74) is 2.55. The van der Waals surface area contributed by atoms with Gasteiger partial charge in [0.2, 0.25) is 0 Å². The van der Waals surface area contributed by atoms with Crippen LogP contribution in [0.15, 0.2) is 17.8 Å². The Bertz CT molecular complexity index is 270. The van der Waals surface area contributed by atoms with E-state index < -0.39 is 0 Å². The fourth-order valence-corrected chi connectivity index (χ4v) is 1.53. The van der Waals surface area contributed by atoms with E-state index in [0.717, 1.165) is 17.4 Å². The Kier molecular flexibility index (Phi) is 3.53. The lowest BCUT2D eigenvalue weighted by molar-refractivity contribution is 0.759. The van der Waals surface area contributed by atoms with Crippen LogP contribution in [0.5, 0.6) is 0 Å². The van der Waals surface area contributed by atoms with Crippen molar-refractivity contribution in [2.45, 2.75) is 13.3 Å². The maximum absolute atomic E-state index is 4.10. The van der Waals surface area contributed by atoms with Crippen LogP contribution < -0.4 is 0 Å². The molecule has 0 aliphatic carbocycles. The van der Waals surface area contributed by atoms with Crippen molar-refractivity contribution >= 4 is 22.0 Å². The molecule has 0 atom stereocenters. The zero-order chi connectivity index (χ0) is 8.97. The molecule has 1 heterocycles. The van der Waals surface area contributed by atoms with Gasteiger partial charge in [-0.1, -0.05) is 28.4 Å². The standard InChI is InChI=1S/C9H13BrN2/c1-3-8(7-10)6-9-4-5-11-12(9)2/h4-6H,3,7H2,1-2H3/b8-6+. The zero-order valence-electron chi connectivity index (χ0n) is 7.42. The lowest BCUT2D eigenvalue weighted by atomic mass is 10.2. The Balaban J connectivity index is 2.85. The van der Waals surface area contributed by atoms with Crippen LogP contribution in [0.4, 0.5) is 0 Å². The summed E-state index contributed by atoms with van der Waals surface area (Å²) in [6, 6.07) is 2.01. The average molecular weight is 229 g/mol. The monoisotopic (exact) mass is 228 g/mol. The first-order chi connectivity index (χ1) is 5.77. The van der Waals surface area contributed by atoms with Crippen molar-refractivity contribution in [3.8, 4) is 0 Å². The SMILES string of the molecule is CC/C(=C\c1ccnn1C)CBr. The molecule has 0 amide bonds. The Morgan fingerprint density at radius 1 is 1.75 bits per heavy atom. The number of nitrogens with zero attached hydrogens (tertiary/aromatic N) is 2. The van der Waals surface area contributed by atoms with E-state index in [2.05, 4.69) is 34.0 Å². The van der Waals surface area contributed by atoms with Gasteiger partial charge < -0.3 is 0 Å². The Morgan fingerprint density at radius 2 is 2.50 bits per heavy atom. The summed E-state index contributed by atoms with van der Waals surface area (Å²) in [6.07, 6.45) is 5.06. The molecule has 1 aromatic heterocycles. The van der Waals surface area contributed by atoms with Gasteiger partial charge in [-0.25, -0.2) is 0 Å². The molecule has 0 spiro atoms. The Hall–Kier alpha value is -0.570. The molecule has 12 heavy (non-hydrogen) atoms. The molecule has 66 valence electrons. The van der Waals surface area contributed by atoms with Gasteiger partial charge >= 0.3 is 0 Å². The number of aryl methyl sites for hydroxylation is 1. The Morgan fingerprint density at radius 3 is 2.92 bits per heavy atom. The van der Waals surface area contributed by atoms with E-state index in [-0.39, 0.29) is 0 Å². The van der Waals surface area contributed by atoms with Crippen molar-refractivity contribution in [2.75, 3.05) is 5.33 Å². The number of allylic oxidation sites excluding steroid dienone is 1. The topological polar surface area (TPSA) is 17.8 Å². The molecule has 0 saturated heterocycles. The van der Waals surface area contributed by atoms with Crippen LogP contribution in [-0.4, -0.2) is 15.1 Å². The molecule has 0 aliphatic heterocycles. The minimum atomic E-state index is 0.939. The first-order valence-corrected chi connectivity index (χ1v) is 5.13. The van der Waals surface area contributed by atoms with Crippen LogP contribution in [0, 0.1) is 0 Å². The van der Waals surface area contributed by atoms with Crippen LogP contribution in [0.25, 0.3) is 6.08 Å². The van der Waals surface area contributed by atoms with Crippen molar-refractivity contribution in [1.82, 2.24) is 9.78 Å². The van der Waals surface area contributed by atoms with Gasteiger partial charge in [0, 0.05) is 18.6 Å². The van der Waals surface area contributed by atoms with E-state index in [1.165, 1.54) is 5.57 Å². The highest BCUT2D eigenvalue weighted by atomic mass is 79.9. The van der Waals surface area contributed by atoms with Crippen molar-refractivity contribution in [3.63, 3.8) is 0 Å². The van der Waals surface area contributed by atoms with E-state index in [1.807, 2.05) is 24.0 Å². The summed E-state index contributed by atoms with van der Waals surface area (Å²) < 4.78 is 1.87. The normalized spacial score (nSPS) is 12.1. The second-order valence-electron chi connectivity index (χ2n) is 2.67. The second kappa shape index (κ2) is 4.45. The van der Waals surface area contributed by atoms with Crippen LogP contribution in [-0.2, 0) is 7.05 Å². The predicted molar refractivity (Wildman–Crippen MR) is 55.3 cm³/mol. The lowest BCUT2D eigenvalue weighted by Gasteiger charge is -1.99. The van der Waals surface area contributed by atoms with Gasteiger partial charge in [-0.15, -0.1) is 0 Å². The van der Waals surface area contributed by atoms with Gasteiger partial charge in [0.25, 0.3) is 0 Å². The fraction of sp³-hybridized carbons (Fsp3) is 0.444. The predicted octanol–water partition coefficient (Wildman–Crippen LogP) is 2.61. The maximum Gasteiger partial charge on any atom is 0.0606 e. The summed E-state index contributed by atoms with van der Waals surface area (Å²) in [6.45, 7) is 2.16. The van der Waals surface area contributed by atoms with E-state index in [4.69, 9.17) is 0 Å². The highest BCUT2D eigenvalue weighted by Crippen LogP contribution is 2.10. The minimum absolute atomic E-state index is 0.939. The van der Waals surface area contributed by atoms with Gasteiger partial charge in [0.15, 0.2) is 0 Å². The van der Waals surface area contributed by atoms with Crippen LogP contribution in [0.3, 0.4) is 0 Å². The molecule has 0 fully saturated rings. The largest absolute Gasteiger partial charge is 0.269 e. The third kappa shape index (κ3) is 2.21. The fourth-order valence-electron chi connectivity index (χ4n) is 0.970. The molecular weight excluding hydrogens is 216 g/mol. The zero-order valence-corrected chi connectivity index (χ0v) is 9.00. The number of hydrogen-bond donors (Lipinski definition) is 0. The molecule has 0 radical (unpaired) electrons. The third-order valence-corrected chi connectivity index (χ3v) is 2.56. The summed E-state index contributed by atoms with van der Waals surface area (Å²) in [7, 11) is 1.95. The number of alkyl halides is 1. The summed E-state index contributed by atoms with van der Waals surface area (Å²) in [5, 5.41) is 5.03. The average Bonchev–Trinajstić information content (AvgIpc) is 2.47. The maximum atomic E-state index is 4.10. The van der Waals surface area contributed by atoms with Crippen LogP contribution in [0.1, 0.15) is 19.0 Å². The molecule has 0 aromatic carbocycles. The lowest BCUT2D eigenvalue weighted by Crippen LogP contribution is -1.93. The van der Waals surface area contributed by atoms with Gasteiger partial charge in [-0.2, -0.15) is 5.10 Å². The van der Waals surface area contributed by atoms with Gasteiger partial charge in [0.05, 0.1) is 5.69 Å². The van der Waals surface area contributed by atoms with Gasteiger partial charge in [-0.05, 0) is 18.6 Å². The molecule has 1 aromatic rings. The Labute approximate surface area is 81.4 Å². The first kappa shape index (κ1) is 9.52. The number of aromatic nitrogens is 2. The van der Waals surface area contributed by atoms with Gasteiger partial charge in [0.1, 0.15) is 0 Å². The molecule has 0 unspecified atom stereocenters. The number of rotatable bonds is 3. The molecule has 0 aliphatic rings. The highest BCUT2D eigenvalue weighted by Gasteiger charge is 1.96. The third-order valence-electron chi connectivity index (χ3n) is 1.84. The van der Waals surface area contributed by atoms with E-state index in [1.54, 1.807) is 0 Å². The van der Waals surface area contributed by atoms with E-state index >= 15 is 0 Å². The summed E-state index contributed by atoms with van der Waals surface area (Å²) in [5.74, 6) is 0. The van der Waals surface area contributed by atoms with E-state index in [0.29, 0.717) is 0 Å². The molecule has 0 N–H and O–H groups in total. The van der Waals surface area contributed by atoms with Crippen molar-refractivity contribution < 1.29 is 0 Å². The van der Waals surface area contributed by atoms with Crippen molar-refractivity contribution in [2.24, 2.45) is 7.05 Å². The first-order valence-electron chi connectivity index (χ1n) is 4.01. The summed E-state index contributed by atoms with van der Waals surface area (Å²) in [4.78, 5) is 0. The molecule has 1 rings (SSSR count). The smallest absolute Gasteiger partial charge is 0.0606 e. The second-order valence-corrected chi connectivity index (χ2v) is 3.23. The molecule has 3 heteroatoms. The van der Waals surface area contributed by atoms with Crippen molar-refractivity contribution in [3.05, 3.63) is 23.5 Å². The van der Waals surface area contributed by atoms with Crippen molar-refractivity contribution in [1.29, 1.82) is 0 Å². The van der Waals surface area contributed by atoms with E-state index in [9.17, 15) is 0 Å². The number of hydrogen-bond acceptors (Lipinski definition) is 1. The van der Waals surface area contributed by atoms with Crippen LogP contribution >= 0.6 is 15.9 Å². The minimum Gasteiger partial charge on any atom is -0.269 e. The molecular formula is C9H13BrN2. The van der Waals surface area contributed by atoms with Crippen LogP contribution in [0.2, 0.25) is 0 Å². The molecule has 0 saturated carbocycles. The molecule has 0 bridgehead atoms. The quantitative estimate of drug-likeness (QED) is 0.728. The van der Waals surface area contributed by atoms with Gasteiger partial charge in [-0.3, -0.25) is 4.68 Å². The molecule has 2 nitrogen and oxygen atoms in total. The summed E-state index contributed by atoms with van der Waals surface area (Å²) >= 11 is 3.45. The highest BCUT2D eigenvalue weighted by molar-refractivity contribution is 9.09. The number of halogens is 1.